The highest BCUT2D eigenvalue weighted by Gasteiger charge is 2.32. The predicted molar refractivity (Wildman–Crippen MR) is 96.9 cm³/mol. The minimum Gasteiger partial charge on any atom is -0.366 e. The van der Waals surface area contributed by atoms with E-state index in [-0.39, 0.29) is 5.91 Å². The number of anilines is 1. The fourth-order valence-electron chi connectivity index (χ4n) is 2.84. The van der Waals surface area contributed by atoms with E-state index in [0.29, 0.717) is 36.4 Å². The molecule has 3 heterocycles. The van der Waals surface area contributed by atoms with E-state index in [1.54, 1.807) is 29.4 Å². The van der Waals surface area contributed by atoms with Gasteiger partial charge in [-0.05, 0) is 29.8 Å². The molecule has 0 aliphatic carbocycles. The fourth-order valence-corrected chi connectivity index (χ4v) is 2.96. The number of nitrogens with one attached hydrogen (secondary N) is 1. The molecule has 0 spiro atoms. The molecule has 1 aromatic carbocycles. The molecular formula is C18H16ClN5O2. The van der Waals surface area contributed by atoms with Crippen LogP contribution in [0.25, 0.3) is 11.4 Å². The average molecular weight is 370 g/mol. The minimum absolute atomic E-state index is 0.136. The average Bonchev–Trinajstić information content (AvgIpc) is 3.16. The zero-order valence-electron chi connectivity index (χ0n) is 13.8. The van der Waals surface area contributed by atoms with Gasteiger partial charge in [-0.25, -0.2) is 5.10 Å². The lowest BCUT2D eigenvalue weighted by atomic mass is 10.1. The zero-order chi connectivity index (χ0) is 17.9. The predicted octanol–water partition coefficient (Wildman–Crippen LogP) is 2.49. The van der Waals surface area contributed by atoms with Crippen LogP contribution in [0.3, 0.4) is 0 Å². The molecule has 132 valence electrons. The maximum Gasteiger partial charge on any atom is 0.258 e. The third-order valence-corrected chi connectivity index (χ3v) is 4.43. The Kier molecular flexibility index (Phi) is 4.64. The number of benzene rings is 1. The van der Waals surface area contributed by atoms with Gasteiger partial charge in [-0.2, -0.15) is 10.1 Å². The van der Waals surface area contributed by atoms with Crippen molar-refractivity contribution in [1.82, 2.24) is 20.2 Å². The molecule has 1 aliphatic rings. The van der Waals surface area contributed by atoms with Crippen LogP contribution in [0.15, 0.2) is 48.8 Å². The first-order valence-corrected chi connectivity index (χ1v) is 8.59. The molecule has 7 nitrogen and oxygen atoms in total. The van der Waals surface area contributed by atoms with Crippen molar-refractivity contribution in [2.75, 3.05) is 18.1 Å². The van der Waals surface area contributed by atoms with Gasteiger partial charge in [0, 0.05) is 29.4 Å². The summed E-state index contributed by atoms with van der Waals surface area (Å²) >= 11 is 5.91. The first kappa shape index (κ1) is 16.7. The highest BCUT2D eigenvalue weighted by atomic mass is 35.5. The van der Waals surface area contributed by atoms with E-state index >= 15 is 0 Å². The third kappa shape index (κ3) is 3.44. The molecule has 0 bridgehead atoms. The number of ether oxygens (including phenoxy) is 1. The van der Waals surface area contributed by atoms with Gasteiger partial charge < -0.3 is 4.74 Å². The molecule has 8 heteroatoms. The number of carbonyl (C=O) groups is 1. The summed E-state index contributed by atoms with van der Waals surface area (Å²) < 4.78 is 5.67. The molecule has 3 aromatic rings. The zero-order valence-corrected chi connectivity index (χ0v) is 14.6. The summed E-state index contributed by atoms with van der Waals surface area (Å²) in [5.41, 5.74) is 1.82. The van der Waals surface area contributed by atoms with Gasteiger partial charge in [-0.3, -0.25) is 14.7 Å². The van der Waals surface area contributed by atoms with Crippen molar-refractivity contribution in [3.63, 3.8) is 0 Å². The Balaban J connectivity index is 1.51. The molecule has 26 heavy (non-hydrogen) atoms. The standard InChI is InChI=1S/C18H16ClN5O2/c19-14-3-1-12(2-4-14)11-15-17(25)24(9-10-26-15)18-21-16(22-23-18)13-5-7-20-8-6-13/h1-8,15H,9-11H2,(H,21,22,23)/t15-/m0/s1. The molecule has 1 aliphatic heterocycles. The number of nitrogens with zero attached hydrogens (tertiary/aromatic N) is 4. The third-order valence-electron chi connectivity index (χ3n) is 4.18. The van der Waals surface area contributed by atoms with Gasteiger partial charge in [-0.1, -0.05) is 23.7 Å². The maximum absolute atomic E-state index is 12.8. The van der Waals surface area contributed by atoms with Crippen molar-refractivity contribution in [1.29, 1.82) is 0 Å². The summed E-state index contributed by atoms with van der Waals surface area (Å²) in [6, 6.07) is 11.0. The largest absolute Gasteiger partial charge is 0.366 e. The number of halogens is 1. The minimum atomic E-state index is -0.556. The Bertz CT molecular complexity index is 897. The Morgan fingerprint density at radius 3 is 2.73 bits per heavy atom. The van der Waals surface area contributed by atoms with E-state index in [9.17, 15) is 4.79 Å². The summed E-state index contributed by atoms with van der Waals surface area (Å²) in [5, 5.41) is 7.71. The van der Waals surface area contributed by atoms with Gasteiger partial charge in [0.2, 0.25) is 5.95 Å². The van der Waals surface area contributed by atoms with E-state index in [1.807, 2.05) is 24.3 Å². The molecular weight excluding hydrogens is 354 g/mol. The lowest BCUT2D eigenvalue weighted by Gasteiger charge is -2.30. The van der Waals surface area contributed by atoms with E-state index < -0.39 is 6.10 Å². The lowest BCUT2D eigenvalue weighted by molar-refractivity contribution is -0.133. The number of aromatic nitrogens is 4. The number of rotatable bonds is 4. The smallest absolute Gasteiger partial charge is 0.258 e. The molecule has 1 fully saturated rings. The molecule has 1 amide bonds. The SMILES string of the molecule is O=C1[C@H](Cc2ccc(Cl)cc2)OCCN1c1nc(-c2ccncc2)n[nH]1. The number of H-pyrrole nitrogens is 1. The van der Waals surface area contributed by atoms with Gasteiger partial charge >= 0.3 is 0 Å². The van der Waals surface area contributed by atoms with E-state index in [1.165, 1.54) is 0 Å². The number of hydrogen-bond donors (Lipinski definition) is 1. The number of hydrogen-bond acceptors (Lipinski definition) is 5. The summed E-state index contributed by atoms with van der Waals surface area (Å²) in [5.74, 6) is 0.811. The van der Waals surface area contributed by atoms with Gasteiger partial charge in [0.25, 0.3) is 5.91 Å². The molecule has 2 aromatic heterocycles. The van der Waals surface area contributed by atoms with Crippen molar-refractivity contribution in [2.45, 2.75) is 12.5 Å². The van der Waals surface area contributed by atoms with Crippen molar-refractivity contribution in [3.8, 4) is 11.4 Å². The number of amides is 1. The first-order chi connectivity index (χ1) is 12.7. The van der Waals surface area contributed by atoms with Gasteiger partial charge in [0.15, 0.2) is 5.82 Å². The second kappa shape index (κ2) is 7.23. The van der Waals surface area contributed by atoms with Gasteiger partial charge in [0.1, 0.15) is 6.10 Å². The second-order valence-electron chi connectivity index (χ2n) is 5.90. The summed E-state index contributed by atoms with van der Waals surface area (Å²) in [7, 11) is 0. The molecule has 4 rings (SSSR count). The van der Waals surface area contributed by atoms with Crippen LogP contribution in [-0.2, 0) is 16.0 Å². The van der Waals surface area contributed by atoms with Crippen LogP contribution in [0.1, 0.15) is 5.56 Å². The van der Waals surface area contributed by atoms with Crippen LogP contribution in [0.2, 0.25) is 5.02 Å². The van der Waals surface area contributed by atoms with Crippen LogP contribution in [0, 0.1) is 0 Å². The lowest BCUT2D eigenvalue weighted by Crippen LogP contribution is -2.49. The Morgan fingerprint density at radius 1 is 1.19 bits per heavy atom. The van der Waals surface area contributed by atoms with E-state index in [4.69, 9.17) is 16.3 Å². The van der Waals surface area contributed by atoms with Gasteiger partial charge in [0.05, 0.1) is 13.2 Å². The van der Waals surface area contributed by atoms with E-state index in [2.05, 4.69) is 20.2 Å². The highest BCUT2D eigenvalue weighted by Crippen LogP contribution is 2.21. The summed E-state index contributed by atoms with van der Waals surface area (Å²) in [6.07, 6.45) is 3.28. The summed E-state index contributed by atoms with van der Waals surface area (Å²) in [6.45, 7) is 0.871. The van der Waals surface area contributed by atoms with Crippen LogP contribution in [-0.4, -0.2) is 45.3 Å². The molecule has 0 radical (unpaired) electrons. The Hall–Kier alpha value is -2.77. The monoisotopic (exact) mass is 369 g/mol. The quantitative estimate of drug-likeness (QED) is 0.763. The highest BCUT2D eigenvalue weighted by molar-refractivity contribution is 6.30. The molecule has 0 saturated carbocycles. The van der Waals surface area contributed by atoms with Crippen molar-refractivity contribution >= 4 is 23.5 Å². The van der Waals surface area contributed by atoms with Gasteiger partial charge in [-0.15, -0.1) is 0 Å². The van der Waals surface area contributed by atoms with E-state index in [0.717, 1.165) is 11.1 Å². The van der Waals surface area contributed by atoms with Crippen molar-refractivity contribution in [2.24, 2.45) is 0 Å². The molecule has 1 N–H and O–H groups in total. The Labute approximate surface area is 155 Å². The van der Waals surface area contributed by atoms with Crippen LogP contribution >= 0.6 is 11.6 Å². The Morgan fingerprint density at radius 2 is 1.96 bits per heavy atom. The molecule has 0 unspecified atom stereocenters. The van der Waals surface area contributed by atoms with Crippen molar-refractivity contribution in [3.05, 3.63) is 59.4 Å². The number of morpholine rings is 1. The number of carbonyl (C=O) groups excluding carboxylic acids is 1. The van der Waals surface area contributed by atoms with Crippen LogP contribution in [0.5, 0.6) is 0 Å². The normalized spacial score (nSPS) is 17.5. The topological polar surface area (TPSA) is 84.0 Å². The molecule has 1 atom stereocenters. The summed E-state index contributed by atoms with van der Waals surface area (Å²) in [4.78, 5) is 22.8. The fraction of sp³-hybridized carbons (Fsp3) is 0.222. The first-order valence-electron chi connectivity index (χ1n) is 8.21. The van der Waals surface area contributed by atoms with Crippen molar-refractivity contribution < 1.29 is 9.53 Å². The number of aromatic amines is 1. The second-order valence-corrected chi connectivity index (χ2v) is 6.33. The number of pyridine rings is 1. The maximum atomic E-state index is 12.8. The van der Waals surface area contributed by atoms with Crippen LogP contribution in [0.4, 0.5) is 5.95 Å². The van der Waals surface area contributed by atoms with Crippen LogP contribution < -0.4 is 4.90 Å². The molecule has 1 saturated heterocycles.